The Morgan fingerprint density at radius 1 is 1.53 bits per heavy atom. The number of aromatic nitrogens is 1. The van der Waals surface area contributed by atoms with Gasteiger partial charge in [-0.15, -0.1) is 0 Å². The monoisotopic (exact) mass is 205 g/mol. The van der Waals surface area contributed by atoms with E-state index in [0.29, 0.717) is 6.04 Å². The third-order valence-corrected chi connectivity index (χ3v) is 3.11. The highest BCUT2D eigenvalue weighted by Gasteiger charge is 2.36. The number of amides is 1. The Hall–Kier alpha value is -1.29. The summed E-state index contributed by atoms with van der Waals surface area (Å²) in [6.07, 6.45) is 5.28. The Morgan fingerprint density at radius 3 is 2.87 bits per heavy atom. The molecule has 0 aliphatic heterocycles. The molecular formula is C11H15N3O. The van der Waals surface area contributed by atoms with Crippen molar-refractivity contribution in [2.75, 3.05) is 0 Å². The van der Waals surface area contributed by atoms with Crippen molar-refractivity contribution >= 4 is 5.91 Å². The normalized spacial score (nSPS) is 28.9. The minimum absolute atomic E-state index is 0.0184. The number of hydrogen-bond acceptors (Lipinski definition) is 2. The topological polar surface area (TPSA) is 60.0 Å². The van der Waals surface area contributed by atoms with Gasteiger partial charge in [0.15, 0.2) is 0 Å². The van der Waals surface area contributed by atoms with E-state index in [2.05, 4.69) is 9.88 Å². The van der Waals surface area contributed by atoms with Gasteiger partial charge in [0, 0.05) is 24.3 Å². The highest BCUT2D eigenvalue weighted by Crippen LogP contribution is 2.36. The predicted octanol–water partition coefficient (Wildman–Crippen LogP) is 0.652. The van der Waals surface area contributed by atoms with E-state index in [4.69, 9.17) is 5.73 Å². The summed E-state index contributed by atoms with van der Waals surface area (Å²) < 4.78 is 2.07. The standard InChI is InChI=1S/C11H15N3O/c12-8-6-9(8)13-11(15)10-2-1-5-14(10)7-3-4-7/h1-2,5,7-9H,3-4,6,12H2,(H,13,15). The summed E-state index contributed by atoms with van der Waals surface area (Å²) in [7, 11) is 0. The smallest absolute Gasteiger partial charge is 0.268 e. The maximum Gasteiger partial charge on any atom is 0.268 e. The van der Waals surface area contributed by atoms with Gasteiger partial charge >= 0.3 is 0 Å². The zero-order valence-corrected chi connectivity index (χ0v) is 8.52. The Labute approximate surface area is 88.4 Å². The van der Waals surface area contributed by atoms with Crippen LogP contribution in [0.15, 0.2) is 18.3 Å². The van der Waals surface area contributed by atoms with Crippen molar-refractivity contribution in [1.82, 2.24) is 9.88 Å². The summed E-state index contributed by atoms with van der Waals surface area (Å²) in [5, 5.41) is 2.94. The van der Waals surface area contributed by atoms with Crippen molar-refractivity contribution in [2.45, 2.75) is 37.4 Å². The predicted molar refractivity (Wildman–Crippen MR) is 56.5 cm³/mol. The molecule has 2 fully saturated rings. The van der Waals surface area contributed by atoms with E-state index in [0.717, 1.165) is 12.1 Å². The van der Waals surface area contributed by atoms with Crippen LogP contribution in [0.5, 0.6) is 0 Å². The van der Waals surface area contributed by atoms with Gasteiger partial charge in [0.25, 0.3) is 5.91 Å². The number of carbonyl (C=O) groups is 1. The first kappa shape index (κ1) is 8.97. The van der Waals surface area contributed by atoms with E-state index in [1.807, 2.05) is 18.3 Å². The minimum atomic E-state index is 0.0184. The highest BCUT2D eigenvalue weighted by molar-refractivity contribution is 5.93. The summed E-state index contributed by atoms with van der Waals surface area (Å²) in [5.41, 5.74) is 6.43. The van der Waals surface area contributed by atoms with Gasteiger partial charge in [-0.3, -0.25) is 4.79 Å². The molecule has 0 saturated heterocycles. The van der Waals surface area contributed by atoms with Crippen LogP contribution in [-0.4, -0.2) is 22.6 Å². The lowest BCUT2D eigenvalue weighted by molar-refractivity contribution is 0.0941. The van der Waals surface area contributed by atoms with Crippen LogP contribution in [0, 0.1) is 0 Å². The molecule has 0 aromatic carbocycles. The second kappa shape index (κ2) is 3.10. The Balaban J connectivity index is 1.73. The Bertz CT molecular complexity index is 394. The number of nitrogens with zero attached hydrogens (tertiary/aromatic N) is 1. The maximum atomic E-state index is 11.9. The number of carbonyl (C=O) groups excluding carboxylic acids is 1. The molecule has 4 heteroatoms. The molecule has 3 N–H and O–H groups in total. The van der Waals surface area contributed by atoms with Crippen LogP contribution in [0.4, 0.5) is 0 Å². The van der Waals surface area contributed by atoms with Crippen molar-refractivity contribution in [3.63, 3.8) is 0 Å². The Morgan fingerprint density at radius 2 is 2.27 bits per heavy atom. The van der Waals surface area contributed by atoms with Gasteiger partial charge in [0.1, 0.15) is 5.69 Å². The zero-order valence-electron chi connectivity index (χ0n) is 8.52. The average Bonchev–Trinajstić information content (AvgIpc) is 3.11. The van der Waals surface area contributed by atoms with Gasteiger partial charge in [-0.25, -0.2) is 0 Å². The third kappa shape index (κ3) is 1.65. The number of nitrogens with two attached hydrogens (primary N) is 1. The summed E-state index contributed by atoms with van der Waals surface area (Å²) in [5.74, 6) is 0.0184. The zero-order chi connectivity index (χ0) is 10.4. The molecule has 1 aromatic rings. The molecule has 0 spiro atoms. The first-order valence-corrected chi connectivity index (χ1v) is 5.49. The van der Waals surface area contributed by atoms with E-state index in [-0.39, 0.29) is 18.0 Å². The molecule has 3 rings (SSSR count). The number of nitrogens with one attached hydrogen (secondary N) is 1. The van der Waals surface area contributed by atoms with Crippen molar-refractivity contribution in [1.29, 1.82) is 0 Å². The van der Waals surface area contributed by atoms with Crippen molar-refractivity contribution in [3.8, 4) is 0 Å². The first-order chi connectivity index (χ1) is 7.25. The van der Waals surface area contributed by atoms with Crippen molar-refractivity contribution in [3.05, 3.63) is 24.0 Å². The fraction of sp³-hybridized carbons (Fsp3) is 0.545. The second-order valence-electron chi connectivity index (χ2n) is 4.51. The van der Waals surface area contributed by atoms with E-state index in [1.54, 1.807) is 0 Å². The van der Waals surface area contributed by atoms with E-state index in [9.17, 15) is 4.79 Å². The molecule has 2 aliphatic rings. The molecule has 2 saturated carbocycles. The van der Waals surface area contributed by atoms with Crippen LogP contribution < -0.4 is 11.1 Å². The molecule has 1 amide bonds. The lowest BCUT2D eigenvalue weighted by Crippen LogP contribution is -2.31. The largest absolute Gasteiger partial charge is 0.346 e. The average molecular weight is 205 g/mol. The fourth-order valence-corrected chi connectivity index (χ4v) is 1.88. The van der Waals surface area contributed by atoms with Crippen LogP contribution in [0.3, 0.4) is 0 Å². The molecule has 4 nitrogen and oxygen atoms in total. The molecular weight excluding hydrogens is 190 g/mol. The lowest BCUT2D eigenvalue weighted by atomic mass is 10.4. The van der Waals surface area contributed by atoms with Gasteiger partial charge in [-0.05, 0) is 31.4 Å². The van der Waals surface area contributed by atoms with Crippen molar-refractivity contribution in [2.24, 2.45) is 5.73 Å². The van der Waals surface area contributed by atoms with Crippen LogP contribution in [0.2, 0.25) is 0 Å². The summed E-state index contributed by atoms with van der Waals surface area (Å²) in [6.45, 7) is 0. The molecule has 1 aromatic heterocycles. The molecule has 2 aliphatic carbocycles. The summed E-state index contributed by atoms with van der Waals surface area (Å²) >= 11 is 0. The number of rotatable bonds is 3. The van der Waals surface area contributed by atoms with Crippen molar-refractivity contribution < 1.29 is 4.79 Å². The molecule has 2 atom stereocenters. The molecule has 0 bridgehead atoms. The van der Waals surface area contributed by atoms with Gasteiger partial charge < -0.3 is 15.6 Å². The molecule has 80 valence electrons. The Kier molecular flexibility index (Phi) is 1.85. The van der Waals surface area contributed by atoms with Gasteiger partial charge in [-0.1, -0.05) is 0 Å². The summed E-state index contributed by atoms with van der Waals surface area (Å²) in [4.78, 5) is 11.9. The highest BCUT2D eigenvalue weighted by atomic mass is 16.2. The van der Waals surface area contributed by atoms with Crippen LogP contribution in [0.1, 0.15) is 35.8 Å². The molecule has 1 heterocycles. The van der Waals surface area contributed by atoms with Crippen LogP contribution in [-0.2, 0) is 0 Å². The van der Waals surface area contributed by atoms with Gasteiger partial charge in [0.05, 0.1) is 0 Å². The molecule has 15 heavy (non-hydrogen) atoms. The minimum Gasteiger partial charge on any atom is -0.346 e. The van der Waals surface area contributed by atoms with E-state index in [1.165, 1.54) is 12.8 Å². The fourth-order valence-electron chi connectivity index (χ4n) is 1.88. The first-order valence-electron chi connectivity index (χ1n) is 5.49. The third-order valence-electron chi connectivity index (χ3n) is 3.11. The SMILES string of the molecule is NC1CC1NC(=O)c1cccn1C1CC1. The van der Waals surface area contributed by atoms with E-state index < -0.39 is 0 Å². The lowest BCUT2D eigenvalue weighted by Gasteiger charge is -2.07. The molecule has 0 radical (unpaired) electrons. The van der Waals surface area contributed by atoms with Crippen LogP contribution in [0.25, 0.3) is 0 Å². The van der Waals surface area contributed by atoms with Gasteiger partial charge in [-0.2, -0.15) is 0 Å². The van der Waals surface area contributed by atoms with Crippen LogP contribution >= 0.6 is 0 Å². The van der Waals surface area contributed by atoms with Gasteiger partial charge in [0.2, 0.25) is 0 Å². The van der Waals surface area contributed by atoms with E-state index >= 15 is 0 Å². The molecule has 2 unspecified atom stereocenters. The number of hydrogen-bond donors (Lipinski definition) is 2. The summed E-state index contributed by atoms with van der Waals surface area (Å²) in [6, 6.07) is 4.72. The maximum absolute atomic E-state index is 11.9. The second-order valence-corrected chi connectivity index (χ2v) is 4.51. The quantitative estimate of drug-likeness (QED) is 0.761.